The molecule has 0 aromatic carbocycles. The van der Waals surface area contributed by atoms with E-state index in [1.807, 2.05) is 0 Å². The number of carbonyl (C=O) groups excluding carboxylic acids is 2. The van der Waals surface area contributed by atoms with Crippen LogP contribution >= 0.6 is 7.82 Å². The van der Waals surface area contributed by atoms with Crippen LogP contribution in [0.1, 0.15) is 303 Å². The van der Waals surface area contributed by atoms with Gasteiger partial charge in [-0.15, -0.1) is 0 Å². The molecule has 1 rings (SSSR count). The Kier molecular flexibility index (Phi) is 46.1. The Bertz CT molecular complexity index is 1260. The molecule has 0 amide bonds. The maximum Gasteiger partial charge on any atom is 0.472 e. The Labute approximate surface area is 440 Å². The Hall–Kier alpha value is -1.15. The Morgan fingerprint density at radius 1 is 0.375 bits per heavy atom. The smallest absolute Gasteiger partial charge is 0.462 e. The summed E-state index contributed by atoms with van der Waals surface area (Å²) in [7, 11) is -5.12. The maximum atomic E-state index is 12.9. The standard InChI is InChI=1S/C58H113O13P/c1-3-5-7-9-11-13-15-17-19-21-23-25-26-27-29-31-33-35-37-39-41-43-45-47-52(60)70-50(49-69-72(66,67)71-58-56(64)54(62)53(61)55(63)57(58)65)48-68-51(59)46-44-42-40-38-36-34-32-30-28-24-22-20-18-16-14-12-10-8-6-4-2/h50,53-58,61-65H,3-49H2,1-2H3,(H,66,67)/t50-,53?,54-,55?,56?,57?,58?/m1/s1. The van der Waals surface area contributed by atoms with Gasteiger partial charge in [0, 0.05) is 12.8 Å². The summed E-state index contributed by atoms with van der Waals surface area (Å²) in [5.41, 5.74) is 0. The van der Waals surface area contributed by atoms with Crippen LogP contribution < -0.4 is 0 Å². The van der Waals surface area contributed by atoms with Crippen molar-refractivity contribution in [2.45, 2.75) is 346 Å². The Balaban J connectivity index is 2.29. The molecule has 1 saturated carbocycles. The van der Waals surface area contributed by atoms with Gasteiger partial charge >= 0.3 is 19.8 Å². The molecule has 0 heterocycles. The molecule has 6 unspecified atom stereocenters. The maximum absolute atomic E-state index is 12.9. The average Bonchev–Trinajstić information content (AvgIpc) is 3.36. The molecule has 8 atom stereocenters. The highest BCUT2D eigenvalue weighted by molar-refractivity contribution is 7.47. The minimum Gasteiger partial charge on any atom is -0.462 e. The number of esters is 2. The molecule has 14 heteroatoms. The number of phosphoric ester groups is 1. The predicted octanol–water partition coefficient (Wildman–Crippen LogP) is 14.4. The van der Waals surface area contributed by atoms with Crippen molar-refractivity contribution in [1.82, 2.24) is 0 Å². The lowest BCUT2D eigenvalue weighted by Gasteiger charge is -2.41. The van der Waals surface area contributed by atoms with Crippen molar-refractivity contribution in [2.75, 3.05) is 13.2 Å². The Morgan fingerprint density at radius 2 is 0.625 bits per heavy atom. The van der Waals surface area contributed by atoms with Crippen molar-refractivity contribution in [3.63, 3.8) is 0 Å². The van der Waals surface area contributed by atoms with Gasteiger partial charge in [-0.05, 0) is 12.8 Å². The molecule has 0 saturated heterocycles. The van der Waals surface area contributed by atoms with Gasteiger partial charge in [-0.25, -0.2) is 4.57 Å². The second-order valence-electron chi connectivity index (χ2n) is 21.6. The van der Waals surface area contributed by atoms with Gasteiger partial charge in [0.2, 0.25) is 0 Å². The van der Waals surface area contributed by atoms with Crippen LogP contribution in [0.25, 0.3) is 0 Å². The molecule has 1 aliphatic carbocycles. The van der Waals surface area contributed by atoms with Crippen molar-refractivity contribution in [1.29, 1.82) is 0 Å². The number of hydrogen-bond donors (Lipinski definition) is 6. The lowest BCUT2D eigenvalue weighted by atomic mass is 9.85. The van der Waals surface area contributed by atoms with E-state index in [4.69, 9.17) is 18.5 Å². The van der Waals surface area contributed by atoms with Gasteiger partial charge in [0.15, 0.2) is 6.10 Å². The first-order valence-electron chi connectivity index (χ1n) is 30.3. The number of rotatable bonds is 53. The molecular formula is C58H113O13P. The van der Waals surface area contributed by atoms with Gasteiger partial charge < -0.3 is 39.9 Å². The van der Waals surface area contributed by atoms with Crippen LogP contribution in [0.3, 0.4) is 0 Å². The zero-order valence-corrected chi connectivity index (χ0v) is 47.2. The van der Waals surface area contributed by atoms with Crippen LogP contribution in [-0.4, -0.2) is 98.3 Å². The van der Waals surface area contributed by atoms with Crippen molar-refractivity contribution < 1.29 is 63.1 Å². The van der Waals surface area contributed by atoms with Gasteiger partial charge in [0.25, 0.3) is 0 Å². The SMILES string of the molecule is CCCCCCCCCCCCCCCCCCCCCCCCCC(=O)O[C@H](COC(=O)CCCCCCCCCCCCCCCCCCCCCC)COP(=O)(O)OC1C(O)C(O)C(O)[C@@H](O)C1O. The fraction of sp³-hybridized carbons (Fsp3) is 0.966. The predicted molar refractivity (Wildman–Crippen MR) is 291 cm³/mol. The van der Waals surface area contributed by atoms with Gasteiger partial charge in [0.05, 0.1) is 6.61 Å². The van der Waals surface area contributed by atoms with Crippen molar-refractivity contribution in [3.05, 3.63) is 0 Å². The number of aliphatic hydroxyl groups excluding tert-OH is 5. The lowest BCUT2D eigenvalue weighted by Crippen LogP contribution is -2.64. The van der Waals surface area contributed by atoms with Crippen molar-refractivity contribution in [2.24, 2.45) is 0 Å². The molecule has 13 nitrogen and oxygen atoms in total. The topological polar surface area (TPSA) is 210 Å². The minimum absolute atomic E-state index is 0.106. The highest BCUT2D eigenvalue weighted by atomic mass is 31.2. The number of ether oxygens (including phenoxy) is 2. The van der Waals surface area contributed by atoms with Gasteiger partial charge in [-0.2, -0.15) is 0 Å². The monoisotopic (exact) mass is 1050 g/mol. The summed E-state index contributed by atoms with van der Waals surface area (Å²) in [5.74, 6) is -1.07. The second kappa shape index (κ2) is 48.2. The largest absolute Gasteiger partial charge is 0.472 e. The van der Waals surface area contributed by atoms with E-state index in [9.17, 15) is 44.6 Å². The fourth-order valence-electron chi connectivity index (χ4n) is 9.88. The van der Waals surface area contributed by atoms with Gasteiger partial charge in [0.1, 0.15) is 43.2 Å². The summed E-state index contributed by atoms with van der Waals surface area (Å²) < 4.78 is 33.8. The number of phosphoric acid groups is 1. The lowest BCUT2D eigenvalue weighted by molar-refractivity contribution is -0.220. The molecule has 6 N–H and O–H groups in total. The molecule has 0 aromatic rings. The quantitative estimate of drug-likeness (QED) is 0.0191. The molecule has 1 aliphatic rings. The molecule has 428 valence electrons. The molecule has 72 heavy (non-hydrogen) atoms. The molecule has 1 fully saturated rings. The highest BCUT2D eigenvalue weighted by Gasteiger charge is 2.51. The second-order valence-corrected chi connectivity index (χ2v) is 23.0. The Morgan fingerprint density at radius 3 is 0.917 bits per heavy atom. The molecule has 0 bridgehead atoms. The molecule has 0 aromatic heterocycles. The molecule has 0 spiro atoms. The van der Waals surface area contributed by atoms with Gasteiger partial charge in [-0.3, -0.25) is 18.6 Å². The molecule has 0 radical (unpaired) electrons. The van der Waals surface area contributed by atoms with Crippen molar-refractivity contribution >= 4 is 19.8 Å². The van der Waals surface area contributed by atoms with Crippen LogP contribution in [0.2, 0.25) is 0 Å². The number of carbonyl (C=O) groups is 2. The van der Waals surface area contributed by atoms with E-state index in [1.54, 1.807) is 0 Å². The number of aliphatic hydroxyl groups is 5. The molecular weight excluding hydrogens is 936 g/mol. The van der Waals surface area contributed by atoms with Crippen molar-refractivity contribution in [3.8, 4) is 0 Å². The first kappa shape index (κ1) is 68.9. The number of hydrogen-bond acceptors (Lipinski definition) is 12. The van der Waals surface area contributed by atoms with Crippen LogP contribution in [0.4, 0.5) is 0 Å². The van der Waals surface area contributed by atoms with E-state index in [1.165, 1.54) is 225 Å². The number of unbranched alkanes of at least 4 members (excludes halogenated alkanes) is 41. The van der Waals surface area contributed by atoms with Crippen LogP contribution in [0.15, 0.2) is 0 Å². The average molecular weight is 1050 g/mol. The van der Waals surface area contributed by atoms with E-state index in [0.29, 0.717) is 12.8 Å². The summed E-state index contributed by atoms with van der Waals surface area (Å²) in [4.78, 5) is 36.0. The summed E-state index contributed by atoms with van der Waals surface area (Å²) in [6, 6.07) is 0. The first-order valence-corrected chi connectivity index (χ1v) is 31.8. The summed E-state index contributed by atoms with van der Waals surface area (Å²) >= 11 is 0. The molecule has 0 aliphatic heterocycles. The third kappa shape index (κ3) is 39.3. The zero-order chi connectivity index (χ0) is 52.8. The van der Waals surface area contributed by atoms with E-state index < -0.39 is 75.7 Å². The van der Waals surface area contributed by atoms with Crippen LogP contribution in [0, 0.1) is 0 Å². The summed E-state index contributed by atoms with van der Waals surface area (Å²) in [5, 5.41) is 50.4. The van der Waals surface area contributed by atoms with Crippen LogP contribution in [0.5, 0.6) is 0 Å². The third-order valence-electron chi connectivity index (χ3n) is 14.7. The first-order chi connectivity index (χ1) is 34.9. The van der Waals surface area contributed by atoms with E-state index in [0.717, 1.165) is 38.5 Å². The van der Waals surface area contributed by atoms with Gasteiger partial charge in [-0.1, -0.05) is 277 Å². The van der Waals surface area contributed by atoms with Crippen LogP contribution in [-0.2, 0) is 32.7 Å². The van der Waals surface area contributed by atoms with E-state index >= 15 is 0 Å². The summed E-state index contributed by atoms with van der Waals surface area (Å²) in [6.07, 6.45) is 41.5. The normalized spacial score (nSPS) is 20.4. The summed E-state index contributed by atoms with van der Waals surface area (Å²) in [6.45, 7) is 3.39. The third-order valence-corrected chi connectivity index (χ3v) is 15.7. The minimum atomic E-state index is -5.12. The fourth-order valence-corrected chi connectivity index (χ4v) is 10.9. The van der Waals surface area contributed by atoms with E-state index in [2.05, 4.69) is 13.8 Å². The zero-order valence-electron chi connectivity index (χ0n) is 46.3. The van der Waals surface area contributed by atoms with E-state index in [-0.39, 0.29) is 12.8 Å². The highest BCUT2D eigenvalue weighted by Crippen LogP contribution is 2.47.